The Bertz CT molecular complexity index is 1690. The molecule has 9 heteroatoms. The van der Waals surface area contributed by atoms with Gasteiger partial charge in [0.05, 0.1) is 36.4 Å². The van der Waals surface area contributed by atoms with Crippen LogP contribution in [0, 0.1) is 6.92 Å². The number of fused-ring (bicyclic) bond motifs is 1. The van der Waals surface area contributed by atoms with Crippen LogP contribution in [0.1, 0.15) is 31.8 Å². The maximum Gasteiger partial charge on any atom is 0.337 e. The number of aromatic nitrogens is 3. The third-order valence-electron chi connectivity index (χ3n) is 6.48. The molecule has 3 N–H and O–H groups in total. The first-order chi connectivity index (χ1) is 18.9. The molecule has 2 aromatic heterocycles. The number of rotatable bonds is 7. The molecule has 3 aromatic carbocycles. The van der Waals surface area contributed by atoms with E-state index in [1.165, 1.54) is 7.11 Å². The summed E-state index contributed by atoms with van der Waals surface area (Å²) < 4.78 is 12.2. The Morgan fingerprint density at radius 2 is 1.79 bits per heavy atom. The lowest BCUT2D eigenvalue weighted by Crippen LogP contribution is -2.23. The molecule has 0 unspecified atom stereocenters. The molecule has 5 aromatic rings. The average Bonchev–Trinajstić information content (AvgIpc) is 3.34. The number of amides is 1. The molecule has 0 saturated carbocycles. The van der Waals surface area contributed by atoms with Gasteiger partial charge in [-0.3, -0.25) is 9.36 Å². The summed E-state index contributed by atoms with van der Waals surface area (Å²) in [5.41, 5.74) is 12.0. The van der Waals surface area contributed by atoms with Gasteiger partial charge in [0.1, 0.15) is 17.4 Å². The van der Waals surface area contributed by atoms with Gasteiger partial charge in [-0.1, -0.05) is 12.1 Å². The number of imidazole rings is 1. The molecule has 0 bridgehead atoms. The summed E-state index contributed by atoms with van der Waals surface area (Å²) in [6.45, 7) is 2.12. The number of nitrogen functional groups attached to an aromatic ring is 1. The minimum Gasteiger partial charge on any atom is -0.497 e. The fraction of sp³-hybridized carbons (Fsp3) is 0.133. The summed E-state index contributed by atoms with van der Waals surface area (Å²) in [6, 6.07) is 22.1. The van der Waals surface area contributed by atoms with Crippen LogP contribution in [0.3, 0.4) is 0 Å². The normalized spacial score (nSPS) is 10.8. The number of hydrogen-bond acceptors (Lipinski definition) is 7. The monoisotopic (exact) mass is 521 g/mol. The van der Waals surface area contributed by atoms with Crippen LogP contribution in [-0.2, 0) is 11.3 Å². The number of aryl methyl sites for hydroxylation is 1. The van der Waals surface area contributed by atoms with E-state index >= 15 is 0 Å². The van der Waals surface area contributed by atoms with Gasteiger partial charge in [0.2, 0.25) is 0 Å². The molecule has 0 spiro atoms. The highest BCUT2D eigenvalue weighted by molar-refractivity contribution is 5.97. The highest BCUT2D eigenvalue weighted by Gasteiger charge is 2.18. The molecular weight excluding hydrogens is 494 g/mol. The SMILES string of the molecule is COC(=O)c1ccc(C(=O)NCc2ccc(-n3c(-c4cccnc4N)nc4ccc(OC)cc43)cc2)c(C)c1. The third-order valence-corrected chi connectivity index (χ3v) is 6.48. The first-order valence-corrected chi connectivity index (χ1v) is 12.2. The van der Waals surface area contributed by atoms with Gasteiger partial charge in [0, 0.05) is 30.1 Å². The molecule has 1 amide bonds. The van der Waals surface area contributed by atoms with E-state index in [-0.39, 0.29) is 5.91 Å². The number of ether oxygens (including phenoxy) is 2. The lowest BCUT2D eigenvalue weighted by molar-refractivity contribution is 0.0600. The molecule has 0 aliphatic rings. The molecule has 0 saturated heterocycles. The van der Waals surface area contributed by atoms with Crippen LogP contribution in [0.2, 0.25) is 0 Å². The van der Waals surface area contributed by atoms with Gasteiger partial charge in [-0.25, -0.2) is 14.8 Å². The molecule has 0 aliphatic heterocycles. The van der Waals surface area contributed by atoms with Gasteiger partial charge in [-0.05, 0) is 72.6 Å². The maximum absolute atomic E-state index is 12.8. The van der Waals surface area contributed by atoms with Crippen LogP contribution in [0.5, 0.6) is 5.75 Å². The maximum atomic E-state index is 12.8. The molecular formula is C30H27N5O4. The van der Waals surface area contributed by atoms with Crippen molar-refractivity contribution < 1.29 is 19.1 Å². The number of benzene rings is 3. The van der Waals surface area contributed by atoms with Crippen LogP contribution in [-0.4, -0.2) is 40.6 Å². The Morgan fingerprint density at radius 1 is 1.00 bits per heavy atom. The zero-order valence-electron chi connectivity index (χ0n) is 21.8. The summed E-state index contributed by atoms with van der Waals surface area (Å²) in [7, 11) is 2.95. The minimum atomic E-state index is -0.441. The second-order valence-electron chi connectivity index (χ2n) is 8.93. The van der Waals surface area contributed by atoms with Crippen LogP contribution in [0.25, 0.3) is 28.1 Å². The Labute approximate surface area is 225 Å². The number of pyridine rings is 1. The fourth-order valence-corrected chi connectivity index (χ4v) is 4.43. The number of methoxy groups -OCH3 is 2. The first-order valence-electron chi connectivity index (χ1n) is 12.2. The van der Waals surface area contributed by atoms with Gasteiger partial charge in [-0.2, -0.15) is 0 Å². The molecule has 9 nitrogen and oxygen atoms in total. The highest BCUT2D eigenvalue weighted by Crippen LogP contribution is 2.32. The largest absolute Gasteiger partial charge is 0.497 e. The van der Waals surface area contributed by atoms with E-state index in [0.29, 0.717) is 40.6 Å². The number of carbonyl (C=O) groups is 2. The smallest absolute Gasteiger partial charge is 0.337 e. The lowest BCUT2D eigenvalue weighted by atomic mass is 10.0. The van der Waals surface area contributed by atoms with E-state index in [9.17, 15) is 9.59 Å². The number of nitrogens with one attached hydrogen (secondary N) is 1. The fourth-order valence-electron chi connectivity index (χ4n) is 4.43. The van der Waals surface area contributed by atoms with Crippen LogP contribution in [0.15, 0.2) is 79.0 Å². The summed E-state index contributed by atoms with van der Waals surface area (Å²) in [4.78, 5) is 33.6. The van der Waals surface area contributed by atoms with E-state index in [1.807, 2.05) is 59.2 Å². The molecule has 196 valence electrons. The van der Waals surface area contributed by atoms with Gasteiger partial charge < -0.3 is 20.5 Å². The Balaban J connectivity index is 1.42. The summed E-state index contributed by atoms with van der Waals surface area (Å²) >= 11 is 0. The number of anilines is 1. The summed E-state index contributed by atoms with van der Waals surface area (Å²) in [6.07, 6.45) is 1.65. The van der Waals surface area contributed by atoms with Crippen molar-refractivity contribution in [2.45, 2.75) is 13.5 Å². The summed E-state index contributed by atoms with van der Waals surface area (Å²) in [5.74, 6) is 1.09. The molecule has 0 fully saturated rings. The Hall–Kier alpha value is -5.18. The molecule has 0 aliphatic carbocycles. The number of nitrogens with two attached hydrogens (primary N) is 1. The van der Waals surface area contributed by atoms with E-state index in [2.05, 4.69) is 10.3 Å². The Kier molecular flexibility index (Phi) is 6.96. The van der Waals surface area contributed by atoms with Crippen molar-refractivity contribution in [2.75, 3.05) is 20.0 Å². The van der Waals surface area contributed by atoms with Crippen molar-refractivity contribution in [3.63, 3.8) is 0 Å². The standard InChI is InChI=1S/C30H27N5O4/c1-18-15-20(30(37)39-3)8-12-23(18)29(36)33-17-19-6-9-21(10-7-19)35-26-16-22(38-2)11-13-25(26)34-28(35)24-5-4-14-32-27(24)31/h4-16H,17H2,1-3H3,(H2,31,32)(H,33,36). The van der Waals surface area contributed by atoms with E-state index < -0.39 is 5.97 Å². The topological polar surface area (TPSA) is 121 Å². The number of carbonyl (C=O) groups excluding carboxylic acids is 2. The number of hydrogen-bond donors (Lipinski definition) is 2. The second kappa shape index (κ2) is 10.7. The number of esters is 1. The molecule has 5 rings (SSSR count). The predicted molar refractivity (Wildman–Crippen MR) is 149 cm³/mol. The van der Waals surface area contributed by atoms with E-state index in [0.717, 1.165) is 27.8 Å². The van der Waals surface area contributed by atoms with Crippen molar-refractivity contribution >= 4 is 28.7 Å². The van der Waals surface area contributed by atoms with Crippen molar-refractivity contribution in [3.05, 3.63) is 101 Å². The van der Waals surface area contributed by atoms with Crippen LogP contribution in [0.4, 0.5) is 5.82 Å². The van der Waals surface area contributed by atoms with Gasteiger partial charge in [-0.15, -0.1) is 0 Å². The highest BCUT2D eigenvalue weighted by atomic mass is 16.5. The lowest BCUT2D eigenvalue weighted by Gasteiger charge is -2.13. The Morgan fingerprint density at radius 3 is 2.49 bits per heavy atom. The zero-order chi connectivity index (χ0) is 27.5. The van der Waals surface area contributed by atoms with Gasteiger partial charge in [0.25, 0.3) is 5.91 Å². The van der Waals surface area contributed by atoms with Gasteiger partial charge in [0.15, 0.2) is 0 Å². The van der Waals surface area contributed by atoms with Crippen molar-refractivity contribution in [1.82, 2.24) is 19.9 Å². The molecule has 39 heavy (non-hydrogen) atoms. The molecule has 2 heterocycles. The third kappa shape index (κ3) is 5.02. The van der Waals surface area contributed by atoms with Crippen LogP contribution >= 0.6 is 0 Å². The zero-order valence-corrected chi connectivity index (χ0v) is 21.8. The van der Waals surface area contributed by atoms with Crippen molar-refractivity contribution in [1.29, 1.82) is 0 Å². The molecule has 0 atom stereocenters. The van der Waals surface area contributed by atoms with Crippen molar-refractivity contribution in [2.24, 2.45) is 0 Å². The number of nitrogens with zero attached hydrogens (tertiary/aromatic N) is 3. The van der Waals surface area contributed by atoms with Crippen LogP contribution < -0.4 is 15.8 Å². The van der Waals surface area contributed by atoms with E-state index in [4.69, 9.17) is 20.2 Å². The summed E-state index contributed by atoms with van der Waals surface area (Å²) in [5, 5.41) is 2.95. The molecule has 0 radical (unpaired) electrons. The first kappa shape index (κ1) is 25.5. The van der Waals surface area contributed by atoms with E-state index in [1.54, 1.807) is 38.4 Å². The quantitative estimate of drug-likeness (QED) is 0.298. The predicted octanol–water partition coefficient (Wildman–Crippen LogP) is 4.70. The minimum absolute atomic E-state index is 0.227. The average molecular weight is 522 g/mol. The second-order valence-corrected chi connectivity index (χ2v) is 8.93. The van der Waals surface area contributed by atoms with Gasteiger partial charge >= 0.3 is 5.97 Å². The van der Waals surface area contributed by atoms with Crippen molar-refractivity contribution in [3.8, 4) is 22.8 Å².